The van der Waals surface area contributed by atoms with Gasteiger partial charge in [-0.1, -0.05) is 12.1 Å². The van der Waals surface area contributed by atoms with E-state index in [2.05, 4.69) is 0 Å². The van der Waals surface area contributed by atoms with E-state index in [1.54, 1.807) is 19.1 Å². The predicted octanol–water partition coefficient (Wildman–Crippen LogP) is 0.959. The molecule has 1 saturated heterocycles. The summed E-state index contributed by atoms with van der Waals surface area (Å²) in [5.41, 5.74) is 0.992. The number of hydrogen-bond acceptors (Lipinski definition) is 3. The number of amides is 1. The summed E-state index contributed by atoms with van der Waals surface area (Å²) >= 11 is 0. The number of ether oxygens (including phenoxy) is 1. The topological polar surface area (TPSA) is 49.8 Å². The number of likely N-dealkylation sites (tertiary alicyclic amines) is 1. The van der Waals surface area contributed by atoms with E-state index < -0.39 is 6.10 Å². The largest absolute Gasteiger partial charge is 0.497 e. The molecule has 1 aliphatic heterocycles. The molecule has 0 aliphatic carbocycles. The van der Waals surface area contributed by atoms with Crippen LogP contribution in [0, 0.1) is 0 Å². The number of aliphatic hydroxyl groups excluding tert-OH is 1. The van der Waals surface area contributed by atoms with Gasteiger partial charge in [0.05, 0.1) is 13.2 Å². The molecule has 1 fully saturated rings. The van der Waals surface area contributed by atoms with E-state index in [4.69, 9.17) is 4.74 Å². The van der Waals surface area contributed by atoms with Crippen molar-refractivity contribution in [2.24, 2.45) is 0 Å². The lowest BCUT2D eigenvalue weighted by molar-refractivity contribution is -0.134. The van der Waals surface area contributed by atoms with E-state index >= 15 is 0 Å². The van der Waals surface area contributed by atoms with Crippen LogP contribution in [-0.2, 0) is 4.79 Å². The fraction of sp³-hybridized carbons (Fsp3) is 0.417. The van der Waals surface area contributed by atoms with Crippen molar-refractivity contribution in [2.45, 2.75) is 18.6 Å². The molecule has 0 spiro atoms. The van der Waals surface area contributed by atoms with Gasteiger partial charge in [0.25, 0.3) is 5.91 Å². The van der Waals surface area contributed by atoms with Crippen LogP contribution >= 0.6 is 0 Å². The summed E-state index contributed by atoms with van der Waals surface area (Å²) in [6.07, 6.45) is -0.427. The van der Waals surface area contributed by atoms with E-state index in [1.165, 1.54) is 0 Å². The molecule has 0 bridgehead atoms. The Morgan fingerprint density at radius 3 is 2.81 bits per heavy atom. The summed E-state index contributed by atoms with van der Waals surface area (Å²) < 4.78 is 5.14. The molecule has 0 saturated carbocycles. The number of benzene rings is 1. The zero-order valence-corrected chi connectivity index (χ0v) is 9.38. The van der Waals surface area contributed by atoms with Gasteiger partial charge in [-0.3, -0.25) is 4.79 Å². The van der Waals surface area contributed by atoms with Crippen LogP contribution in [0.2, 0.25) is 0 Å². The van der Waals surface area contributed by atoms with Gasteiger partial charge in [-0.15, -0.1) is 0 Å². The first-order valence-corrected chi connectivity index (χ1v) is 5.22. The molecular formula is C12H15NO3. The Morgan fingerprint density at radius 2 is 2.25 bits per heavy atom. The molecule has 1 aromatic carbocycles. The van der Waals surface area contributed by atoms with Gasteiger partial charge in [0, 0.05) is 13.5 Å². The van der Waals surface area contributed by atoms with Gasteiger partial charge in [-0.05, 0) is 17.7 Å². The van der Waals surface area contributed by atoms with Crippen LogP contribution in [-0.4, -0.2) is 36.2 Å². The monoisotopic (exact) mass is 221 g/mol. The van der Waals surface area contributed by atoms with Crippen LogP contribution in [0.1, 0.15) is 18.0 Å². The minimum absolute atomic E-state index is 0.0578. The maximum absolute atomic E-state index is 11.5. The molecule has 0 aromatic heterocycles. The quantitative estimate of drug-likeness (QED) is 0.809. The van der Waals surface area contributed by atoms with Crippen molar-refractivity contribution < 1.29 is 14.6 Å². The van der Waals surface area contributed by atoms with Crippen LogP contribution in [0.4, 0.5) is 0 Å². The zero-order valence-electron chi connectivity index (χ0n) is 9.38. The summed E-state index contributed by atoms with van der Waals surface area (Å²) in [5, 5.41) is 9.50. The molecule has 1 heterocycles. The van der Waals surface area contributed by atoms with Gasteiger partial charge in [0.1, 0.15) is 11.9 Å². The van der Waals surface area contributed by atoms with Gasteiger partial charge in [-0.25, -0.2) is 0 Å². The summed E-state index contributed by atoms with van der Waals surface area (Å²) in [4.78, 5) is 13.1. The molecule has 0 unspecified atom stereocenters. The number of nitrogens with zero attached hydrogens (tertiary/aromatic N) is 1. The van der Waals surface area contributed by atoms with Crippen molar-refractivity contribution in [1.29, 1.82) is 0 Å². The van der Waals surface area contributed by atoms with Crippen molar-refractivity contribution in [1.82, 2.24) is 4.90 Å². The van der Waals surface area contributed by atoms with E-state index in [0.29, 0.717) is 6.42 Å². The number of carbonyl (C=O) groups excluding carboxylic acids is 1. The average Bonchev–Trinajstić information content (AvgIpc) is 2.57. The smallest absolute Gasteiger partial charge is 0.251 e. The van der Waals surface area contributed by atoms with Crippen molar-refractivity contribution in [3.63, 3.8) is 0 Å². The Hall–Kier alpha value is -1.55. The van der Waals surface area contributed by atoms with E-state index in [0.717, 1.165) is 11.3 Å². The number of aliphatic hydroxyl groups is 1. The maximum Gasteiger partial charge on any atom is 0.251 e. The predicted molar refractivity (Wildman–Crippen MR) is 59.1 cm³/mol. The maximum atomic E-state index is 11.5. The lowest BCUT2D eigenvalue weighted by Crippen LogP contribution is -2.26. The van der Waals surface area contributed by atoms with Crippen LogP contribution in [0.25, 0.3) is 0 Å². The van der Waals surface area contributed by atoms with Crippen molar-refractivity contribution >= 4 is 5.91 Å². The molecule has 1 N–H and O–H groups in total. The van der Waals surface area contributed by atoms with E-state index in [-0.39, 0.29) is 11.9 Å². The standard InChI is InChI=1S/C12H15NO3/c1-13-10(7-11(14)12(13)15)8-4-3-5-9(6-8)16-2/h3-6,10-11,14H,7H2,1-2H3/t10-,11-/m0/s1. The number of rotatable bonds is 2. The summed E-state index contributed by atoms with van der Waals surface area (Å²) in [5.74, 6) is 0.549. The first-order chi connectivity index (χ1) is 7.63. The molecule has 4 nitrogen and oxygen atoms in total. The number of hydrogen-bond donors (Lipinski definition) is 1. The Labute approximate surface area is 94.4 Å². The lowest BCUT2D eigenvalue weighted by Gasteiger charge is -2.20. The molecule has 0 radical (unpaired) electrons. The second-order valence-electron chi connectivity index (χ2n) is 3.99. The molecule has 1 amide bonds. The highest BCUT2D eigenvalue weighted by atomic mass is 16.5. The third-order valence-corrected chi connectivity index (χ3v) is 3.03. The van der Waals surface area contributed by atoms with E-state index in [1.807, 2.05) is 24.3 Å². The lowest BCUT2D eigenvalue weighted by atomic mass is 10.0. The second-order valence-corrected chi connectivity index (χ2v) is 3.99. The molecule has 1 aliphatic rings. The van der Waals surface area contributed by atoms with Crippen LogP contribution in [0.5, 0.6) is 5.75 Å². The summed E-state index contributed by atoms with van der Waals surface area (Å²) in [6, 6.07) is 7.52. The molecule has 2 atom stereocenters. The first kappa shape index (κ1) is 11.0. The highest BCUT2D eigenvalue weighted by molar-refractivity contribution is 5.83. The van der Waals surface area contributed by atoms with Crippen molar-refractivity contribution in [2.75, 3.05) is 14.2 Å². The number of likely N-dealkylation sites (N-methyl/N-ethyl adjacent to an activating group) is 1. The summed E-state index contributed by atoms with van der Waals surface area (Å²) in [6.45, 7) is 0. The Balaban J connectivity index is 2.27. The number of carbonyl (C=O) groups is 1. The van der Waals surface area contributed by atoms with Crippen molar-refractivity contribution in [3.05, 3.63) is 29.8 Å². The van der Waals surface area contributed by atoms with Gasteiger partial charge in [-0.2, -0.15) is 0 Å². The molecule has 4 heteroatoms. The fourth-order valence-electron chi connectivity index (χ4n) is 2.07. The van der Waals surface area contributed by atoms with Crippen LogP contribution in [0.3, 0.4) is 0 Å². The normalized spacial score (nSPS) is 24.9. The van der Waals surface area contributed by atoms with Gasteiger partial charge in [0.15, 0.2) is 0 Å². The number of methoxy groups -OCH3 is 1. The van der Waals surface area contributed by atoms with Gasteiger partial charge < -0.3 is 14.7 Å². The Kier molecular flexibility index (Phi) is 2.83. The molecule has 16 heavy (non-hydrogen) atoms. The van der Waals surface area contributed by atoms with Crippen LogP contribution < -0.4 is 4.74 Å². The molecule has 1 aromatic rings. The molecule has 2 rings (SSSR count). The first-order valence-electron chi connectivity index (χ1n) is 5.22. The van der Waals surface area contributed by atoms with Crippen molar-refractivity contribution in [3.8, 4) is 5.75 Å². The second kappa shape index (κ2) is 4.14. The SMILES string of the molecule is COc1cccc([C@@H]2C[C@H](O)C(=O)N2C)c1. The Morgan fingerprint density at radius 1 is 1.50 bits per heavy atom. The van der Waals surface area contributed by atoms with Gasteiger partial charge in [0.2, 0.25) is 0 Å². The average molecular weight is 221 g/mol. The van der Waals surface area contributed by atoms with Crippen LogP contribution in [0.15, 0.2) is 24.3 Å². The highest BCUT2D eigenvalue weighted by Crippen LogP contribution is 2.32. The third kappa shape index (κ3) is 1.76. The molecule has 86 valence electrons. The molecular weight excluding hydrogens is 206 g/mol. The Bertz CT molecular complexity index is 405. The highest BCUT2D eigenvalue weighted by Gasteiger charge is 2.36. The van der Waals surface area contributed by atoms with E-state index in [9.17, 15) is 9.90 Å². The zero-order chi connectivity index (χ0) is 11.7. The minimum atomic E-state index is -0.874. The fourth-order valence-corrected chi connectivity index (χ4v) is 2.07. The summed E-state index contributed by atoms with van der Waals surface area (Å²) in [7, 11) is 3.32. The third-order valence-electron chi connectivity index (χ3n) is 3.03. The van der Waals surface area contributed by atoms with Gasteiger partial charge >= 0.3 is 0 Å². The minimum Gasteiger partial charge on any atom is -0.497 e.